The number of rotatable bonds is 7. The van der Waals surface area contributed by atoms with E-state index in [-0.39, 0.29) is 23.4 Å². The molecule has 3 rings (SSSR count). The molecule has 6 nitrogen and oxygen atoms in total. The molecule has 2 heterocycles. The predicted octanol–water partition coefficient (Wildman–Crippen LogP) is 4.67. The second-order valence-electron chi connectivity index (χ2n) is 7.29. The molecule has 1 unspecified atom stereocenters. The largest absolute Gasteiger partial charge is 0.436 e. The normalized spacial score (nSPS) is 15.6. The molecule has 1 atom stereocenters. The summed E-state index contributed by atoms with van der Waals surface area (Å²) in [6, 6.07) is -0.556. The van der Waals surface area contributed by atoms with E-state index >= 15 is 0 Å². The van der Waals surface area contributed by atoms with Gasteiger partial charge in [-0.2, -0.15) is 23.4 Å². The fourth-order valence-corrected chi connectivity index (χ4v) is 3.79. The van der Waals surface area contributed by atoms with Crippen LogP contribution in [0.1, 0.15) is 60.9 Å². The Kier molecular flexibility index (Phi) is 6.19. The minimum absolute atomic E-state index is 0.0245. The highest BCUT2D eigenvalue weighted by molar-refractivity contribution is 6.32. The molecule has 11 heteroatoms. The van der Waals surface area contributed by atoms with Gasteiger partial charge in [0, 0.05) is 19.0 Å². The van der Waals surface area contributed by atoms with Gasteiger partial charge >= 0.3 is 6.18 Å². The van der Waals surface area contributed by atoms with Crippen molar-refractivity contribution in [2.24, 2.45) is 0 Å². The first-order valence-corrected chi connectivity index (χ1v) is 10.1. The van der Waals surface area contributed by atoms with Gasteiger partial charge in [-0.3, -0.25) is 14.2 Å². The van der Waals surface area contributed by atoms with E-state index in [1.165, 1.54) is 4.68 Å². The third-order valence-corrected chi connectivity index (χ3v) is 5.91. The number of nitrogens with one attached hydrogen (secondary N) is 1. The Morgan fingerprint density at radius 1 is 1.24 bits per heavy atom. The Labute approximate surface area is 176 Å². The number of nitrogens with zero attached hydrogens (tertiary/aromatic N) is 4. The summed E-state index contributed by atoms with van der Waals surface area (Å²) < 4.78 is 42.2. The Morgan fingerprint density at radius 2 is 1.90 bits per heavy atom. The van der Waals surface area contributed by atoms with Gasteiger partial charge in [-0.25, -0.2) is 0 Å². The summed E-state index contributed by atoms with van der Waals surface area (Å²) in [5.41, 5.74) is 0.746. The topological polar surface area (TPSA) is 64.7 Å². The van der Waals surface area contributed by atoms with E-state index in [0.717, 1.165) is 12.8 Å². The quantitative estimate of drug-likeness (QED) is 0.622. The molecular weight excluding hydrogens is 430 g/mol. The van der Waals surface area contributed by atoms with Crippen LogP contribution in [0.15, 0.2) is 0 Å². The lowest BCUT2D eigenvalue weighted by atomic mass is 10.2. The van der Waals surface area contributed by atoms with Gasteiger partial charge in [0.2, 0.25) is 5.91 Å². The summed E-state index contributed by atoms with van der Waals surface area (Å²) >= 11 is 12.1. The van der Waals surface area contributed by atoms with E-state index in [1.807, 2.05) is 0 Å². The zero-order valence-corrected chi connectivity index (χ0v) is 17.8. The van der Waals surface area contributed by atoms with Crippen LogP contribution in [0.2, 0.25) is 10.0 Å². The molecule has 1 amide bonds. The van der Waals surface area contributed by atoms with Crippen LogP contribution in [-0.2, 0) is 17.5 Å². The van der Waals surface area contributed by atoms with Crippen LogP contribution in [0.5, 0.6) is 0 Å². The number of aromatic nitrogens is 4. The maximum absolute atomic E-state index is 13.1. The van der Waals surface area contributed by atoms with Crippen molar-refractivity contribution < 1.29 is 18.0 Å². The maximum Gasteiger partial charge on any atom is 0.436 e. The van der Waals surface area contributed by atoms with Crippen molar-refractivity contribution in [3.05, 3.63) is 32.8 Å². The fraction of sp³-hybridized carbons (Fsp3) is 0.611. The Morgan fingerprint density at radius 3 is 2.41 bits per heavy atom. The zero-order valence-electron chi connectivity index (χ0n) is 16.3. The highest BCUT2D eigenvalue weighted by Crippen LogP contribution is 2.46. The van der Waals surface area contributed by atoms with Gasteiger partial charge in [0.05, 0.1) is 27.1 Å². The summed E-state index contributed by atoms with van der Waals surface area (Å²) in [5, 5.41) is 11.0. The van der Waals surface area contributed by atoms with Crippen LogP contribution < -0.4 is 5.32 Å². The van der Waals surface area contributed by atoms with Crippen LogP contribution in [0.25, 0.3) is 0 Å². The number of aryl methyl sites for hydroxylation is 2. The summed E-state index contributed by atoms with van der Waals surface area (Å²) in [6.07, 6.45) is -2.55. The number of hydrogen-bond donors (Lipinski definition) is 1. The molecule has 160 valence electrons. The molecule has 0 spiro atoms. The molecule has 1 saturated carbocycles. The van der Waals surface area contributed by atoms with Crippen LogP contribution in [-0.4, -0.2) is 32.0 Å². The van der Waals surface area contributed by atoms with Crippen molar-refractivity contribution in [3.63, 3.8) is 0 Å². The molecule has 2 aromatic heterocycles. The molecule has 1 aliphatic rings. The second-order valence-corrected chi connectivity index (χ2v) is 8.05. The van der Waals surface area contributed by atoms with Crippen molar-refractivity contribution in [2.45, 2.75) is 64.7 Å². The van der Waals surface area contributed by atoms with Crippen molar-refractivity contribution >= 4 is 29.1 Å². The molecule has 2 aromatic rings. The van der Waals surface area contributed by atoms with Gasteiger partial charge in [-0.1, -0.05) is 23.2 Å². The molecule has 0 bridgehead atoms. The van der Waals surface area contributed by atoms with E-state index in [9.17, 15) is 18.0 Å². The molecule has 0 saturated heterocycles. The van der Waals surface area contributed by atoms with Crippen LogP contribution in [0.4, 0.5) is 13.2 Å². The number of carbonyl (C=O) groups excluding carboxylic acids is 1. The van der Waals surface area contributed by atoms with Gasteiger partial charge < -0.3 is 5.32 Å². The molecule has 29 heavy (non-hydrogen) atoms. The van der Waals surface area contributed by atoms with Crippen molar-refractivity contribution in [3.8, 4) is 0 Å². The fourth-order valence-electron chi connectivity index (χ4n) is 3.27. The minimum Gasteiger partial charge on any atom is -0.354 e. The van der Waals surface area contributed by atoms with E-state index in [0.29, 0.717) is 35.1 Å². The number of halogens is 5. The standard InChI is InChI=1S/C18H22Cl2F3N5O/c1-9-13(19)10(2)28(25-9)11(3)17(29)24-7-4-8-27-15(12-5-6-12)14(20)16(26-27)18(21,22)23/h11-12H,4-8H2,1-3H3,(H,24,29). The van der Waals surface area contributed by atoms with Crippen molar-refractivity contribution in [1.82, 2.24) is 24.9 Å². The number of amides is 1. The zero-order chi connectivity index (χ0) is 21.5. The highest BCUT2D eigenvalue weighted by atomic mass is 35.5. The Bertz CT molecular complexity index is 918. The molecule has 1 aliphatic carbocycles. The molecule has 0 aromatic carbocycles. The smallest absolute Gasteiger partial charge is 0.354 e. The van der Waals surface area contributed by atoms with Crippen molar-refractivity contribution in [2.75, 3.05) is 6.54 Å². The predicted molar refractivity (Wildman–Crippen MR) is 103 cm³/mol. The average Bonchev–Trinajstić information content (AvgIpc) is 3.37. The number of carbonyl (C=O) groups is 1. The van der Waals surface area contributed by atoms with Gasteiger partial charge in [0.25, 0.3) is 0 Å². The monoisotopic (exact) mass is 451 g/mol. The summed E-state index contributed by atoms with van der Waals surface area (Å²) in [5.74, 6) is -0.222. The van der Waals surface area contributed by atoms with Gasteiger partial charge in [0.15, 0.2) is 5.69 Å². The molecule has 1 N–H and O–H groups in total. The van der Waals surface area contributed by atoms with E-state index < -0.39 is 17.9 Å². The van der Waals surface area contributed by atoms with Gasteiger partial charge in [0.1, 0.15) is 6.04 Å². The minimum atomic E-state index is -4.59. The number of hydrogen-bond acceptors (Lipinski definition) is 3. The first-order valence-electron chi connectivity index (χ1n) is 9.34. The SMILES string of the molecule is Cc1nn(C(C)C(=O)NCCCn2nc(C(F)(F)F)c(Cl)c2C2CC2)c(C)c1Cl. The maximum atomic E-state index is 13.1. The third-order valence-electron chi connectivity index (χ3n) is 4.99. The molecular formula is C18H22Cl2F3N5O. The lowest BCUT2D eigenvalue weighted by Crippen LogP contribution is -2.33. The lowest BCUT2D eigenvalue weighted by Gasteiger charge is -2.15. The van der Waals surface area contributed by atoms with Crippen LogP contribution in [0.3, 0.4) is 0 Å². The van der Waals surface area contributed by atoms with E-state index in [2.05, 4.69) is 15.5 Å². The first-order chi connectivity index (χ1) is 13.5. The van der Waals surface area contributed by atoms with Gasteiger partial charge in [-0.15, -0.1) is 0 Å². The van der Waals surface area contributed by atoms with Gasteiger partial charge in [-0.05, 0) is 40.0 Å². The van der Waals surface area contributed by atoms with Crippen LogP contribution in [0, 0.1) is 13.8 Å². The summed E-state index contributed by atoms with van der Waals surface area (Å²) in [7, 11) is 0. The summed E-state index contributed by atoms with van der Waals surface area (Å²) in [6.45, 7) is 5.78. The third kappa shape index (κ3) is 4.55. The molecule has 0 aliphatic heterocycles. The average molecular weight is 452 g/mol. The molecule has 1 fully saturated rings. The van der Waals surface area contributed by atoms with E-state index in [4.69, 9.17) is 23.2 Å². The summed E-state index contributed by atoms with van der Waals surface area (Å²) in [4.78, 5) is 12.4. The van der Waals surface area contributed by atoms with Crippen LogP contribution >= 0.6 is 23.2 Å². The Balaban J connectivity index is 1.59. The van der Waals surface area contributed by atoms with Crippen molar-refractivity contribution in [1.29, 1.82) is 0 Å². The highest BCUT2D eigenvalue weighted by Gasteiger charge is 2.41. The first kappa shape index (κ1) is 22.0. The second kappa shape index (κ2) is 8.18. The van der Waals surface area contributed by atoms with E-state index in [1.54, 1.807) is 25.5 Å². The Hall–Kier alpha value is -1.74. The lowest BCUT2D eigenvalue weighted by molar-refractivity contribution is -0.141. The number of alkyl halides is 3. The molecule has 0 radical (unpaired) electrons.